The van der Waals surface area contributed by atoms with Crippen LogP contribution in [0.1, 0.15) is 93.8 Å². The predicted molar refractivity (Wildman–Crippen MR) is 193 cm³/mol. The van der Waals surface area contributed by atoms with Gasteiger partial charge in [-0.05, 0) is 41.5 Å². The predicted octanol–water partition coefficient (Wildman–Crippen LogP) is 0.477. The first-order chi connectivity index (χ1) is 24.5. The van der Waals surface area contributed by atoms with E-state index in [0.29, 0.717) is 0 Å². The molecule has 0 saturated heterocycles. The summed E-state index contributed by atoms with van der Waals surface area (Å²) in [5.41, 5.74) is -1.68. The third-order valence-corrected chi connectivity index (χ3v) is 4.21. The Balaban J connectivity index is -0.000000647. The summed E-state index contributed by atoms with van der Waals surface area (Å²) in [6, 6.07) is 0. The van der Waals surface area contributed by atoms with Gasteiger partial charge >= 0.3 is 69.3 Å². The number of esters is 2. The van der Waals surface area contributed by atoms with Crippen molar-refractivity contribution in [3.05, 3.63) is 59.4 Å². The molecule has 0 saturated carbocycles. The van der Waals surface area contributed by atoms with Crippen LogP contribution >= 0.6 is 11.6 Å². The number of halogens is 1. The van der Waals surface area contributed by atoms with Crippen molar-refractivity contribution in [2.24, 2.45) is 0 Å². The molecule has 54 heavy (non-hydrogen) atoms. The van der Waals surface area contributed by atoms with Gasteiger partial charge in [0.05, 0.1) is 37.2 Å². The SMILES string of the molecule is C#CCO.C#CCOc1cnc(C(=O)O)cn1.C#CCOc1cnc(C(=O)OC(C)(C)C)cn1.CC(C)(C)OC(=O)c1cnc(Cl)cn1.CC(C)(C)[O-].[K+]. The van der Waals surface area contributed by atoms with E-state index in [1.54, 1.807) is 62.3 Å². The fraction of sp³-hybridized carbons (Fsp3) is 0.417. The molecule has 2 N–H and O–H groups in total. The zero-order chi connectivity index (χ0) is 41.3. The number of carbonyl (C=O) groups is 3. The molecule has 0 aliphatic carbocycles. The number of carboxylic acids is 1. The van der Waals surface area contributed by atoms with Gasteiger partial charge in [-0.15, -0.1) is 24.9 Å². The van der Waals surface area contributed by atoms with Gasteiger partial charge in [-0.25, -0.2) is 44.3 Å². The van der Waals surface area contributed by atoms with E-state index in [1.165, 1.54) is 31.0 Å². The number of carboxylic acid groups (broad SMARTS) is 1. The normalized spacial score (nSPS) is 9.80. The van der Waals surface area contributed by atoms with Crippen molar-refractivity contribution in [1.29, 1.82) is 0 Å². The van der Waals surface area contributed by atoms with Gasteiger partial charge in [0, 0.05) is 0 Å². The van der Waals surface area contributed by atoms with Gasteiger partial charge in [0.15, 0.2) is 30.3 Å². The minimum absolute atomic E-state index is 0. The van der Waals surface area contributed by atoms with Crippen LogP contribution in [0, 0.1) is 37.0 Å². The van der Waals surface area contributed by atoms with Crippen LogP contribution in [-0.2, 0) is 9.47 Å². The Morgan fingerprint density at radius 2 is 1.00 bits per heavy atom. The van der Waals surface area contributed by atoms with E-state index >= 15 is 0 Å². The van der Waals surface area contributed by atoms with Crippen molar-refractivity contribution < 1.29 is 100 Å². The molecule has 0 radical (unpaired) electrons. The quantitative estimate of drug-likeness (QED) is 0.188. The summed E-state index contributed by atoms with van der Waals surface area (Å²) in [6.45, 7) is 15.6. The second kappa shape index (κ2) is 28.3. The van der Waals surface area contributed by atoms with Crippen LogP contribution in [0.2, 0.25) is 5.15 Å². The summed E-state index contributed by atoms with van der Waals surface area (Å²) in [5, 5.41) is 26.5. The van der Waals surface area contributed by atoms with E-state index in [9.17, 15) is 19.5 Å². The first kappa shape index (κ1) is 54.1. The minimum Gasteiger partial charge on any atom is -0.850 e. The average molecular weight is 795 g/mol. The maximum absolute atomic E-state index is 11.6. The van der Waals surface area contributed by atoms with Crippen LogP contribution in [0.15, 0.2) is 37.2 Å². The smallest absolute Gasteiger partial charge is 0.850 e. The Morgan fingerprint density at radius 3 is 1.24 bits per heavy atom. The van der Waals surface area contributed by atoms with Gasteiger partial charge in [-0.1, -0.05) is 50.1 Å². The van der Waals surface area contributed by atoms with E-state index in [0.717, 1.165) is 6.20 Å². The molecule has 0 amide bonds. The number of hydrogen-bond acceptors (Lipinski definition) is 15. The fourth-order valence-electron chi connectivity index (χ4n) is 2.31. The van der Waals surface area contributed by atoms with Crippen LogP contribution in [0.4, 0.5) is 0 Å². The molecule has 0 spiro atoms. The number of carbonyl (C=O) groups excluding carboxylic acids is 2. The fourth-order valence-corrected chi connectivity index (χ4v) is 2.40. The number of hydrogen-bond donors (Lipinski definition) is 2. The molecule has 3 heterocycles. The molecule has 0 unspecified atom stereocenters. The van der Waals surface area contributed by atoms with Crippen LogP contribution in [0.25, 0.3) is 0 Å². The van der Waals surface area contributed by atoms with Crippen molar-refractivity contribution in [3.8, 4) is 48.8 Å². The number of aliphatic hydroxyl groups is 1. The second-order valence-electron chi connectivity index (χ2n) is 12.5. The summed E-state index contributed by atoms with van der Waals surface area (Å²) in [4.78, 5) is 55.9. The van der Waals surface area contributed by atoms with Gasteiger partial charge in [-0.2, -0.15) is 0 Å². The number of nitrogens with zero attached hydrogens (tertiary/aromatic N) is 6. The molecule has 0 aromatic carbocycles. The number of aromatic carboxylic acids is 1. The van der Waals surface area contributed by atoms with Crippen molar-refractivity contribution in [1.82, 2.24) is 29.9 Å². The topological polar surface area (TPSA) is 229 Å². The average Bonchev–Trinajstić information content (AvgIpc) is 3.05. The van der Waals surface area contributed by atoms with Crippen LogP contribution < -0.4 is 66.0 Å². The molecular weight excluding hydrogens is 751 g/mol. The molecule has 286 valence electrons. The van der Waals surface area contributed by atoms with E-state index in [1.807, 2.05) is 5.92 Å². The molecule has 0 atom stereocenters. The van der Waals surface area contributed by atoms with E-state index in [2.05, 4.69) is 48.2 Å². The maximum atomic E-state index is 11.6. The first-order valence-corrected chi connectivity index (χ1v) is 15.5. The van der Waals surface area contributed by atoms with Gasteiger partial charge in [0.2, 0.25) is 11.8 Å². The summed E-state index contributed by atoms with van der Waals surface area (Å²) in [5.74, 6) is 4.87. The van der Waals surface area contributed by atoms with Gasteiger partial charge in [-0.3, -0.25) is 0 Å². The second-order valence-corrected chi connectivity index (χ2v) is 12.9. The molecule has 0 aliphatic heterocycles. The Morgan fingerprint density at radius 1 is 0.667 bits per heavy atom. The van der Waals surface area contributed by atoms with Crippen molar-refractivity contribution in [2.45, 2.75) is 79.1 Å². The van der Waals surface area contributed by atoms with E-state index in [4.69, 9.17) is 53.6 Å². The number of ether oxygens (including phenoxy) is 4. The largest absolute Gasteiger partial charge is 1.00 e. The third-order valence-electron chi connectivity index (χ3n) is 4.01. The van der Waals surface area contributed by atoms with Crippen LogP contribution in [-0.4, -0.2) is 94.6 Å². The zero-order valence-electron chi connectivity index (χ0n) is 32.0. The minimum atomic E-state index is -1.13. The molecule has 18 heteroatoms. The first-order valence-electron chi connectivity index (χ1n) is 15.1. The number of aliphatic hydroxyl groups excluding tert-OH is 1. The molecule has 3 rings (SSSR count). The number of aromatic nitrogens is 6. The Labute approximate surface area is 363 Å². The van der Waals surface area contributed by atoms with E-state index < -0.39 is 34.7 Å². The van der Waals surface area contributed by atoms with Crippen molar-refractivity contribution in [3.63, 3.8) is 0 Å². The molecule has 3 aromatic heterocycles. The Bertz CT molecular complexity index is 1660. The van der Waals surface area contributed by atoms with Gasteiger partial charge in [0.25, 0.3) is 0 Å². The molecule has 3 aromatic rings. The van der Waals surface area contributed by atoms with Crippen molar-refractivity contribution in [2.75, 3.05) is 19.8 Å². The van der Waals surface area contributed by atoms with Crippen molar-refractivity contribution >= 4 is 29.5 Å². The summed E-state index contributed by atoms with van der Waals surface area (Å²) in [6.07, 6.45) is 22.0. The van der Waals surface area contributed by atoms with Gasteiger partial charge < -0.3 is 34.3 Å². The molecule has 0 bridgehead atoms. The number of terminal acetylenes is 3. The molecule has 0 fully saturated rings. The Hall–Kier alpha value is -4.22. The zero-order valence-corrected chi connectivity index (χ0v) is 35.9. The van der Waals surface area contributed by atoms with Crippen LogP contribution in [0.5, 0.6) is 11.8 Å². The number of rotatable bonds is 7. The monoisotopic (exact) mass is 794 g/mol. The summed E-state index contributed by atoms with van der Waals surface area (Å²) in [7, 11) is 0. The van der Waals surface area contributed by atoms with Crippen LogP contribution in [0.3, 0.4) is 0 Å². The van der Waals surface area contributed by atoms with E-state index in [-0.39, 0.29) is 105 Å². The van der Waals surface area contributed by atoms with Gasteiger partial charge in [0.1, 0.15) is 23.0 Å². The molecule has 16 nitrogen and oxygen atoms in total. The molecule has 0 aliphatic rings. The summed E-state index contributed by atoms with van der Waals surface area (Å²) < 4.78 is 20.1. The Kier molecular flexibility index (Phi) is 28.3. The molecular formula is C36H44ClKN6O10. The maximum Gasteiger partial charge on any atom is 1.00 e. The third kappa shape index (κ3) is 32.4. The summed E-state index contributed by atoms with van der Waals surface area (Å²) >= 11 is 5.52. The standard InChI is InChI=1S/C12H14N2O3.C9H11ClN2O2.C8H6N2O3.C4H9O.C3H4O.K/c1-5-6-16-10-8-13-9(7-14-10)11(15)17-12(2,3)4;1-9(2,3)14-8(13)6-4-12-7(10)5-11-6;1-2-3-13-7-5-9-6(4-10-7)8(11)12;1-4(2,3)5;1-2-3-4;/h1,7-8H,6H2,2-4H3;4-5H,1-3H3;1,4-5H,3H2,(H,11,12);1-3H3;1,4H,3H2;/q;;;-1;;+1.